The van der Waals surface area contributed by atoms with Crippen LogP contribution in [0.2, 0.25) is 0 Å². The summed E-state index contributed by atoms with van der Waals surface area (Å²) in [6.07, 6.45) is 6.32. The third-order valence-corrected chi connectivity index (χ3v) is 5.61. The molecule has 0 atom stereocenters. The van der Waals surface area contributed by atoms with E-state index < -0.39 is 11.5 Å². The Bertz CT molecular complexity index is 674. The first-order valence-corrected chi connectivity index (χ1v) is 9.03. The number of carbonyl (C=O) groups is 2. The molecule has 7 heteroatoms. The van der Waals surface area contributed by atoms with Crippen molar-refractivity contribution in [3.63, 3.8) is 0 Å². The van der Waals surface area contributed by atoms with E-state index in [9.17, 15) is 14.7 Å². The van der Waals surface area contributed by atoms with Gasteiger partial charge in [0.15, 0.2) is 5.54 Å². The van der Waals surface area contributed by atoms with Crippen molar-refractivity contribution < 1.29 is 14.7 Å². The molecule has 3 rings (SSSR count). The van der Waals surface area contributed by atoms with E-state index >= 15 is 0 Å². The minimum Gasteiger partial charge on any atom is -0.479 e. The molecule has 1 aliphatic heterocycles. The molecule has 1 aliphatic rings. The number of aryl methyl sites for hydroxylation is 1. The van der Waals surface area contributed by atoms with E-state index in [1.807, 2.05) is 11.4 Å². The quantitative estimate of drug-likeness (QED) is 0.870. The van der Waals surface area contributed by atoms with Gasteiger partial charge in [0.1, 0.15) is 0 Å². The molecule has 128 valence electrons. The summed E-state index contributed by atoms with van der Waals surface area (Å²) in [5, 5.41) is 15.8. The highest BCUT2D eigenvalue weighted by atomic mass is 32.1. The predicted octanol–water partition coefficient (Wildman–Crippen LogP) is 2.37. The van der Waals surface area contributed by atoms with Gasteiger partial charge in [-0.1, -0.05) is 6.07 Å². The summed E-state index contributed by atoms with van der Waals surface area (Å²) in [6.45, 7) is 0.925. The molecule has 2 aromatic heterocycles. The average molecular weight is 347 g/mol. The van der Waals surface area contributed by atoms with E-state index in [1.54, 1.807) is 34.7 Å². The number of hydrogen-bond acceptors (Lipinski definition) is 4. The van der Waals surface area contributed by atoms with Gasteiger partial charge in [-0.25, -0.2) is 4.79 Å². The molecule has 0 saturated carbocycles. The Hall–Kier alpha value is -2.15. The second-order valence-electron chi connectivity index (χ2n) is 6.10. The van der Waals surface area contributed by atoms with Gasteiger partial charge in [-0.2, -0.15) is 5.10 Å². The highest BCUT2D eigenvalue weighted by Gasteiger charge is 2.44. The maximum absolute atomic E-state index is 12.4. The summed E-state index contributed by atoms with van der Waals surface area (Å²) in [4.78, 5) is 27.2. The molecule has 2 aromatic rings. The second-order valence-corrected chi connectivity index (χ2v) is 7.13. The lowest BCUT2D eigenvalue weighted by molar-refractivity contribution is -0.153. The number of likely N-dealkylation sites (tertiary alicyclic amines) is 1. The SMILES string of the molecule is O=C(CCCc1cccs1)N1CCC(C(=O)O)(n2cccn2)CC1. The van der Waals surface area contributed by atoms with Gasteiger partial charge >= 0.3 is 5.97 Å². The van der Waals surface area contributed by atoms with Crippen molar-refractivity contribution in [2.45, 2.75) is 37.6 Å². The molecule has 0 aromatic carbocycles. The van der Waals surface area contributed by atoms with Crippen LogP contribution in [0, 0.1) is 0 Å². The molecular formula is C17H21N3O3S. The van der Waals surface area contributed by atoms with Crippen LogP contribution in [-0.2, 0) is 21.5 Å². The smallest absolute Gasteiger partial charge is 0.331 e. The summed E-state index contributed by atoms with van der Waals surface area (Å²) in [5.74, 6) is -0.762. The van der Waals surface area contributed by atoms with Crippen LogP contribution in [-0.4, -0.2) is 44.8 Å². The molecular weight excluding hydrogens is 326 g/mol. The number of aromatic nitrogens is 2. The first-order valence-electron chi connectivity index (χ1n) is 8.15. The van der Waals surface area contributed by atoms with Crippen LogP contribution in [0.25, 0.3) is 0 Å². The zero-order chi connectivity index (χ0) is 17.0. The van der Waals surface area contributed by atoms with Crippen molar-refractivity contribution >= 4 is 23.2 Å². The molecule has 0 bridgehead atoms. The molecule has 0 radical (unpaired) electrons. The van der Waals surface area contributed by atoms with Gasteiger partial charge < -0.3 is 10.0 Å². The number of carboxylic acid groups (broad SMARTS) is 1. The van der Waals surface area contributed by atoms with Crippen molar-refractivity contribution in [3.05, 3.63) is 40.8 Å². The zero-order valence-electron chi connectivity index (χ0n) is 13.4. The highest BCUT2D eigenvalue weighted by Crippen LogP contribution is 2.30. The van der Waals surface area contributed by atoms with Gasteiger partial charge in [0.2, 0.25) is 5.91 Å². The molecule has 3 heterocycles. The molecule has 0 aliphatic carbocycles. The van der Waals surface area contributed by atoms with Crippen LogP contribution < -0.4 is 0 Å². The van der Waals surface area contributed by atoms with Crippen LogP contribution in [0.5, 0.6) is 0 Å². The van der Waals surface area contributed by atoms with Crippen LogP contribution in [0.3, 0.4) is 0 Å². The third-order valence-electron chi connectivity index (χ3n) is 4.68. The van der Waals surface area contributed by atoms with Crippen LogP contribution >= 0.6 is 11.3 Å². The van der Waals surface area contributed by atoms with Crippen molar-refractivity contribution in [2.24, 2.45) is 0 Å². The first-order chi connectivity index (χ1) is 11.6. The van der Waals surface area contributed by atoms with E-state index in [-0.39, 0.29) is 5.91 Å². The highest BCUT2D eigenvalue weighted by molar-refractivity contribution is 7.09. The average Bonchev–Trinajstić information content (AvgIpc) is 3.28. The normalized spacial score (nSPS) is 16.9. The number of carbonyl (C=O) groups excluding carboxylic acids is 1. The van der Waals surface area contributed by atoms with Gasteiger partial charge in [0.25, 0.3) is 0 Å². The lowest BCUT2D eigenvalue weighted by Gasteiger charge is -2.39. The lowest BCUT2D eigenvalue weighted by Crippen LogP contribution is -2.52. The predicted molar refractivity (Wildman–Crippen MR) is 90.9 cm³/mol. The number of aliphatic carboxylic acids is 1. The number of hydrogen-bond donors (Lipinski definition) is 1. The fourth-order valence-electron chi connectivity index (χ4n) is 3.22. The van der Waals surface area contributed by atoms with Crippen LogP contribution in [0.1, 0.15) is 30.6 Å². The van der Waals surface area contributed by atoms with Crippen molar-refractivity contribution in [1.82, 2.24) is 14.7 Å². The standard InChI is InChI=1S/C17H21N3O3S/c21-15(6-1-4-14-5-2-13-24-14)19-11-7-17(8-12-19,16(22)23)20-10-3-9-18-20/h2-3,5,9-10,13H,1,4,6-8,11-12H2,(H,22,23). The largest absolute Gasteiger partial charge is 0.479 e. The first kappa shape index (κ1) is 16.7. The number of carboxylic acids is 1. The topological polar surface area (TPSA) is 75.4 Å². The molecule has 1 fully saturated rings. The third kappa shape index (κ3) is 3.36. The minimum atomic E-state index is -1.03. The zero-order valence-corrected chi connectivity index (χ0v) is 14.2. The maximum Gasteiger partial charge on any atom is 0.331 e. The number of thiophene rings is 1. The summed E-state index contributed by atoms with van der Waals surface area (Å²) in [7, 11) is 0. The molecule has 0 spiro atoms. The van der Waals surface area contributed by atoms with E-state index in [0.717, 1.165) is 12.8 Å². The molecule has 1 saturated heterocycles. The van der Waals surface area contributed by atoms with Crippen LogP contribution in [0.15, 0.2) is 36.0 Å². The number of rotatable bonds is 6. The monoisotopic (exact) mass is 347 g/mol. The van der Waals surface area contributed by atoms with Gasteiger partial charge in [-0.3, -0.25) is 9.48 Å². The Balaban J connectivity index is 1.54. The summed E-state index contributed by atoms with van der Waals surface area (Å²) in [5.41, 5.74) is -1.03. The van der Waals surface area contributed by atoms with E-state index in [1.165, 1.54) is 9.56 Å². The fourth-order valence-corrected chi connectivity index (χ4v) is 3.97. The van der Waals surface area contributed by atoms with Gasteiger partial charge in [-0.05, 0) is 30.4 Å². The molecule has 1 amide bonds. The summed E-state index contributed by atoms with van der Waals surface area (Å²) >= 11 is 1.71. The molecule has 6 nitrogen and oxygen atoms in total. The van der Waals surface area contributed by atoms with Gasteiger partial charge in [-0.15, -0.1) is 11.3 Å². The van der Waals surface area contributed by atoms with Crippen LogP contribution in [0.4, 0.5) is 0 Å². The summed E-state index contributed by atoms with van der Waals surface area (Å²) in [6, 6.07) is 5.83. The second kappa shape index (κ2) is 7.17. The van der Waals surface area contributed by atoms with E-state index in [4.69, 9.17) is 0 Å². The summed E-state index contributed by atoms with van der Waals surface area (Å²) < 4.78 is 1.52. The minimum absolute atomic E-state index is 0.117. The Morgan fingerprint density at radius 1 is 1.29 bits per heavy atom. The Labute approximate surface area is 144 Å². The van der Waals surface area contributed by atoms with Gasteiger partial charge in [0.05, 0.1) is 0 Å². The van der Waals surface area contributed by atoms with E-state index in [2.05, 4.69) is 11.2 Å². The Morgan fingerprint density at radius 3 is 2.67 bits per heavy atom. The van der Waals surface area contributed by atoms with Crippen molar-refractivity contribution in [3.8, 4) is 0 Å². The van der Waals surface area contributed by atoms with Crippen molar-refractivity contribution in [1.29, 1.82) is 0 Å². The Morgan fingerprint density at radius 2 is 2.08 bits per heavy atom. The van der Waals surface area contributed by atoms with E-state index in [0.29, 0.717) is 32.4 Å². The maximum atomic E-state index is 12.4. The molecule has 1 N–H and O–H groups in total. The van der Waals surface area contributed by atoms with Gasteiger partial charge in [0, 0.05) is 49.6 Å². The number of amides is 1. The fraction of sp³-hybridized carbons (Fsp3) is 0.471. The number of piperidine rings is 1. The Kier molecular flexibility index (Phi) is 4.99. The number of nitrogens with zero attached hydrogens (tertiary/aromatic N) is 3. The molecule has 0 unspecified atom stereocenters. The lowest BCUT2D eigenvalue weighted by atomic mass is 9.87. The van der Waals surface area contributed by atoms with Crippen molar-refractivity contribution in [2.75, 3.05) is 13.1 Å². The molecule has 24 heavy (non-hydrogen) atoms.